The number of hydrogen-bond donors (Lipinski definition) is 0. The number of hydrogen-bond acceptors (Lipinski definition) is 1. The molecule has 1 nitrogen and oxygen atoms in total. The summed E-state index contributed by atoms with van der Waals surface area (Å²) in [6.45, 7) is 0. The van der Waals surface area contributed by atoms with Crippen molar-refractivity contribution in [2.75, 3.05) is 0 Å². The highest BCUT2D eigenvalue weighted by atomic mass is 35.5. The molecule has 0 aromatic heterocycles. The van der Waals surface area contributed by atoms with Crippen LogP contribution in [0.5, 0.6) is 11.5 Å². The zero-order valence-electron chi connectivity index (χ0n) is 10.6. The first kappa shape index (κ1) is 13.3. The fourth-order valence-electron chi connectivity index (χ4n) is 2.16. The minimum absolute atomic E-state index is 0.418. The van der Waals surface area contributed by atoms with Gasteiger partial charge in [0.2, 0.25) is 0 Å². The molecule has 3 aromatic rings. The molecule has 0 aliphatic heterocycles. The van der Waals surface area contributed by atoms with Gasteiger partial charge < -0.3 is 4.74 Å². The molecule has 0 unspecified atom stereocenters. The number of fused-ring (bicyclic) bond motifs is 1. The highest BCUT2D eigenvalue weighted by molar-refractivity contribution is 6.35. The van der Waals surface area contributed by atoms with E-state index in [-0.39, 0.29) is 0 Å². The Labute approximate surface area is 127 Å². The molecular weight excluding hydrogens is 291 g/mol. The van der Waals surface area contributed by atoms with Crippen LogP contribution in [0.15, 0.2) is 60.7 Å². The van der Waals surface area contributed by atoms with Gasteiger partial charge in [0.1, 0.15) is 11.5 Å². The van der Waals surface area contributed by atoms with E-state index >= 15 is 0 Å². The van der Waals surface area contributed by atoms with Gasteiger partial charge in [0.25, 0.3) is 0 Å². The summed E-state index contributed by atoms with van der Waals surface area (Å²) in [5, 5.41) is 2.69. The Morgan fingerprint density at radius 3 is 2.25 bits per heavy atom. The third-order valence-corrected chi connectivity index (χ3v) is 3.78. The second kappa shape index (κ2) is 5.74. The summed E-state index contributed by atoms with van der Waals surface area (Å²) in [6, 6.07) is 19.4. The highest BCUT2D eigenvalue weighted by Gasteiger charge is 2.08. The van der Waals surface area contributed by atoms with Crippen molar-refractivity contribution in [3.8, 4) is 11.5 Å². The monoisotopic (exact) mass is 302 g/mol. The van der Waals surface area contributed by atoms with Crippen molar-refractivity contribution in [3.63, 3.8) is 0 Å². The maximum absolute atomic E-state index is 6.21. The topological polar surface area (TPSA) is 9.23 Å². The number of benzene rings is 3. The largest absolute Gasteiger partial charge is 0.456 e. The summed E-state index contributed by atoms with van der Waals surface area (Å²) >= 11 is 12.2. The van der Waals surface area contributed by atoms with Crippen LogP contribution < -0.4 is 4.74 Å². The van der Waals surface area contributed by atoms with Crippen LogP contribution in [0.4, 0.5) is 0 Å². The molecule has 20 heavy (non-hydrogen) atoms. The third-order valence-electron chi connectivity index (χ3n) is 3.17. The maximum Gasteiger partial charge on any atom is 0.135 e. The Hall–Kier alpha value is -1.70. The highest BCUT2D eigenvalue weighted by Crippen LogP contribution is 2.35. The average molecular weight is 303 g/mol. The Morgan fingerprint density at radius 2 is 1.45 bits per heavy atom. The first-order valence-electron chi connectivity index (χ1n) is 6.28. The molecular formula is C17H12Cl2O. The van der Waals surface area contributed by atoms with E-state index in [9.17, 15) is 0 Å². The van der Waals surface area contributed by atoms with Crippen LogP contribution in [0.2, 0.25) is 5.02 Å². The molecule has 0 spiro atoms. The molecule has 3 aromatic carbocycles. The number of rotatable bonds is 3. The average Bonchev–Trinajstić information content (AvgIpc) is 2.51. The lowest BCUT2D eigenvalue weighted by molar-refractivity contribution is 0.484. The number of halogens is 2. The molecule has 0 atom stereocenters. The lowest BCUT2D eigenvalue weighted by atomic mass is 10.1. The van der Waals surface area contributed by atoms with Crippen molar-refractivity contribution < 1.29 is 4.74 Å². The van der Waals surface area contributed by atoms with E-state index in [1.165, 1.54) is 0 Å². The van der Waals surface area contributed by atoms with Gasteiger partial charge in [0, 0.05) is 21.4 Å². The molecule has 0 fully saturated rings. The van der Waals surface area contributed by atoms with Crippen LogP contribution in [0.25, 0.3) is 10.8 Å². The van der Waals surface area contributed by atoms with E-state index in [2.05, 4.69) is 0 Å². The third kappa shape index (κ3) is 2.47. The zero-order valence-corrected chi connectivity index (χ0v) is 12.2. The zero-order chi connectivity index (χ0) is 13.9. The van der Waals surface area contributed by atoms with Gasteiger partial charge in [-0.1, -0.05) is 54.1 Å². The second-order valence-electron chi connectivity index (χ2n) is 4.43. The SMILES string of the molecule is ClCc1ccccc1Oc1ccc(Cl)c2ccccc12. The van der Waals surface area contributed by atoms with E-state index in [0.717, 1.165) is 32.9 Å². The molecule has 0 heterocycles. The van der Waals surface area contributed by atoms with Gasteiger partial charge in [0.05, 0.1) is 5.88 Å². The van der Waals surface area contributed by atoms with Gasteiger partial charge in [-0.15, -0.1) is 11.6 Å². The summed E-state index contributed by atoms with van der Waals surface area (Å²) < 4.78 is 6.03. The molecule has 3 rings (SSSR count). The summed E-state index contributed by atoms with van der Waals surface area (Å²) in [5.41, 5.74) is 0.966. The van der Waals surface area contributed by atoms with Crippen molar-refractivity contribution in [2.24, 2.45) is 0 Å². The Balaban J connectivity index is 2.09. The maximum atomic E-state index is 6.21. The lowest BCUT2D eigenvalue weighted by Crippen LogP contribution is -1.90. The van der Waals surface area contributed by atoms with Gasteiger partial charge in [0.15, 0.2) is 0 Å². The standard InChI is InChI=1S/C17H12Cl2O/c18-11-12-5-1-4-8-16(12)20-17-10-9-15(19)13-6-2-3-7-14(13)17/h1-10H,11H2. The first-order chi connectivity index (χ1) is 9.79. The van der Waals surface area contributed by atoms with Crippen LogP contribution in [0.1, 0.15) is 5.56 Å². The van der Waals surface area contributed by atoms with Gasteiger partial charge in [-0.3, -0.25) is 0 Å². The Bertz CT molecular complexity index is 753. The summed E-state index contributed by atoms with van der Waals surface area (Å²) in [5.74, 6) is 1.97. The van der Waals surface area contributed by atoms with E-state index in [4.69, 9.17) is 27.9 Å². The van der Waals surface area contributed by atoms with Crippen molar-refractivity contribution in [1.82, 2.24) is 0 Å². The minimum Gasteiger partial charge on any atom is -0.456 e. The van der Waals surface area contributed by atoms with Gasteiger partial charge in [-0.05, 0) is 18.2 Å². The summed E-state index contributed by atoms with van der Waals surface area (Å²) in [4.78, 5) is 0. The normalized spacial score (nSPS) is 10.7. The molecule has 0 bridgehead atoms. The number of alkyl halides is 1. The first-order valence-corrected chi connectivity index (χ1v) is 7.20. The lowest BCUT2D eigenvalue weighted by Gasteiger charge is -2.12. The van der Waals surface area contributed by atoms with Crippen molar-refractivity contribution in [3.05, 3.63) is 71.2 Å². The molecule has 100 valence electrons. The van der Waals surface area contributed by atoms with Gasteiger partial charge >= 0.3 is 0 Å². The molecule has 0 aliphatic carbocycles. The van der Waals surface area contributed by atoms with Crippen LogP contribution in [0, 0.1) is 0 Å². The summed E-state index contributed by atoms with van der Waals surface area (Å²) in [7, 11) is 0. The van der Waals surface area contributed by atoms with E-state index in [0.29, 0.717) is 5.88 Å². The smallest absolute Gasteiger partial charge is 0.135 e. The molecule has 3 heteroatoms. The van der Waals surface area contributed by atoms with Crippen molar-refractivity contribution >= 4 is 34.0 Å². The predicted molar refractivity (Wildman–Crippen MR) is 85.0 cm³/mol. The number of ether oxygens (including phenoxy) is 1. The Kier molecular flexibility index (Phi) is 3.81. The molecule has 0 radical (unpaired) electrons. The van der Waals surface area contributed by atoms with Crippen LogP contribution >= 0.6 is 23.2 Å². The van der Waals surface area contributed by atoms with E-state index in [1.807, 2.05) is 60.7 Å². The van der Waals surface area contributed by atoms with E-state index in [1.54, 1.807) is 0 Å². The molecule has 0 saturated heterocycles. The van der Waals surface area contributed by atoms with Gasteiger partial charge in [-0.2, -0.15) is 0 Å². The van der Waals surface area contributed by atoms with Crippen LogP contribution in [-0.4, -0.2) is 0 Å². The second-order valence-corrected chi connectivity index (χ2v) is 5.11. The fourth-order valence-corrected chi connectivity index (χ4v) is 2.60. The van der Waals surface area contributed by atoms with Gasteiger partial charge in [-0.25, -0.2) is 0 Å². The predicted octanol–water partition coefficient (Wildman–Crippen LogP) is 6.02. The quantitative estimate of drug-likeness (QED) is 0.537. The minimum atomic E-state index is 0.418. The molecule has 0 amide bonds. The molecule has 0 N–H and O–H groups in total. The van der Waals surface area contributed by atoms with Crippen LogP contribution in [-0.2, 0) is 5.88 Å². The van der Waals surface area contributed by atoms with E-state index < -0.39 is 0 Å². The van der Waals surface area contributed by atoms with Crippen molar-refractivity contribution in [2.45, 2.75) is 5.88 Å². The molecule has 0 saturated carbocycles. The molecule has 0 aliphatic rings. The van der Waals surface area contributed by atoms with Crippen molar-refractivity contribution in [1.29, 1.82) is 0 Å². The fraction of sp³-hybridized carbons (Fsp3) is 0.0588. The van der Waals surface area contributed by atoms with Crippen LogP contribution in [0.3, 0.4) is 0 Å². The Morgan fingerprint density at radius 1 is 0.750 bits per heavy atom. The number of para-hydroxylation sites is 1. The summed E-state index contributed by atoms with van der Waals surface area (Å²) in [6.07, 6.45) is 0.